The molecule has 0 aliphatic carbocycles. The molecule has 0 aromatic rings. The van der Waals surface area contributed by atoms with E-state index in [2.05, 4.69) is 16.0 Å². The Labute approximate surface area is 516 Å². The van der Waals surface area contributed by atoms with Crippen LogP contribution in [0.1, 0.15) is 13.8 Å². The standard InChI is InChI=1S/C53H93N15O21/c1-40(69)56-52(68-25-23-66(36-50(86)87)21-19-65(35-49(84)85)20-22-67(24-26-68)37-51(88)89)53(2,38-54-41(70)27-57-3-7-59(29-43(72)73)11-15-63(33-47(80)81)16-12-60(8-4-57)30-44(74)75)39-55-42(71)28-58-5-9-61(31-45(76)77)13-17-64(34-48(82)83)18-14-62(10-6-58)32-46(78)79/h52H,3-39H2,1-2H3,(H,54,70)(H,55,71)(H,56,69)(H,72,73)(H,74,75)(H,76,77)(H,78,79)(H,80,81)(H,82,83)(H,84,85)(H,86,87)(H,88,89). The Morgan fingerprint density at radius 1 is 0.292 bits per heavy atom. The Hall–Kier alpha value is -6.84. The van der Waals surface area contributed by atoms with Gasteiger partial charge in [-0.05, 0) is 0 Å². The lowest BCUT2D eigenvalue weighted by atomic mass is 9.84. The molecule has 36 heteroatoms. The third-order valence-corrected chi connectivity index (χ3v) is 15.4. The largest absolute Gasteiger partial charge is 0.480 e. The number of nitrogens with zero attached hydrogens (tertiary/aromatic N) is 12. The minimum atomic E-state index is -1.44. The Kier molecular flexibility index (Phi) is 34.4. The van der Waals surface area contributed by atoms with E-state index >= 15 is 0 Å². The van der Waals surface area contributed by atoms with Crippen molar-refractivity contribution in [3.63, 3.8) is 0 Å². The van der Waals surface area contributed by atoms with Crippen molar-refractivity contribution < 1.29 is 103 Å². The first kappa shape index (κ1) is 76.4. The van der Waals surface area contributed by atoms with E-state index in [1.165, 1.54) is 6.92 Å². The van der Waals surface area contributed by atoms with Crippen LogP contribution in [0.2, 0.25) is 0 Å². The normalized spacial score (nSPS) is 19.9. The minimum Gasteiger partial charge on any atom is -0.480 e. The molecule has 3 aliphatic heterocycles. The lowest BCUT2D eigenvalue weighted by molar-refractivity contribution is -0.141. The number of carbonyl (C=O) groups is 12. The van der Waals surface area contributed by atoms with Crippen LogP contribution < -0.4 is 16.0 Å². The van der Waals surface area contributed by atoms with Crippen molar-refractivity contribution in [1.82, 2.24) is 74.7 Å². The highest BCUT2D eigenvalue weighted by Gasteiger charge is 2.41. The van der Waals surface area contributed by atoms with Crippen molar-refractivity contribution >= 4 is 71.4 Å². The first-order valence-electron chi connectivity index (χ1n) is 29.4. The molecule has 89 heavy (non-hydrogen) atoms. The summed E-state index contributed by atoms with van der Waals surface area (Å²) in [4.78, 5) is 170. The number of carbonyl (C=O) groups excluding carboxylic acids is 3. The van der Waals surface area contributed by atoms with E-state index in [-0.39, 0.29) is 196 Å². The summed E-state index contributed by atoms with van der Waals surface area (Å²) in [6.07, 6.45) is -1.15. The number of hydrogen-bond donors (Lipinski definition) is 12. The summed E-state index contributed by atoms with van der Waals surface area (Å²) >= 11 is 0. The summed E-state index contributed by atoms with van der Waals surface area (Å²) in [5.41, 5.74) is -1.44. The second kappa shape index (κ2) is 40.0. The molecule has 3 aliphatic rings. The number of aliphatic carboxylic acids is 9. The van der Waals surface area contributed by atoms with Gasteiger partial charge in [-0.2, -0.15) is 0 Å². The average Bonchev–Trinajstić information content (AvgIpc) is 2.12. The van der Waals surface area contributed by atoms with Gasteiger partial charge in [0.25, 0.3) is 0 Å². The number of carboxylic acids is 9. The van der Waals surface area contributed by atoms with E-state index in [1.807, 2.05) is 0 Å². The van der Waals surface area contributed by atoms with E-state index in [1.54, 1.807) is 65.7 Å². The third-order valence-electron chi connectivity index (χ3n) is 15.4. The van der Waals surface area contributed by atoms with Crippen LogP contribution in [0.15, 0.2) is 0 Å². The lowest BCUT2D eigenvalue weighted by Gasteiger charge is -2.46. The number of hydrogen-bond acceptors (Lipinski definition) is 24. The van der Waals surface area contributed by atoms with Gasteiger partial charge in [0.15, 0.2) is 0 Å². The number of carboxylic acid groups (broad SMARTS) is 9. The molecule has 3 heterocycles. The summed E-state index contributed by atoms with van der Waals surface area (Å²) in [5, 5.41) is 96.9. The first-order valence-corrected chi connectivity index (χ1v) is 29.4. The molecule has 0 aromatic carbocycles. The maximum absolute atomic E-state index is 14.5. The van der Waals surface area contributed by atoms with Gasteiger partial charge in [0.1, 0.15) is 0 Å². The zero-order valence-corrected chi connectivity index (χ0v) is 51.0. The van der Waals surface area contributed by atoms with Crippen molar-refractivity contribution in [2.24, 2.45) is 5.41 Å². The van der Waals surface area contributed by atoms with Gasteiger partial charge in [0.2, 0.25) is 17.7 Å². The predicted octanol–water partition coefficient (Wildman–Crippen LogP) is -7.89. The van der Waals surface area contributed by atoms with Gasteiger partial charge >= 0.3 is 53.7 Å². The molecule has 36 nitrogen and oxygen atoms in total. The monoisotopic (exact) mass is 1280 g/mol. The van der Waals surface area contributed by atoms with Crippen LogP contribution >= 0.6 is 0 Å². The first-order chi connectivity index (χ1) is 41.9. The van der Waals surface area contributed by atoms with Crippen LogP contribution in [0.4, 0.5) is 0 Å². The maximum atomic E-state index is 14.5. The Morgan fingerprint density at radius 3 is 0.607 bits per heavy atom. The minimum absolute atomic E-state index is 0.00566. The maximum Gasteiger partial charge on any atom is 0.317 e. The van der Waals surface area contributed by atoms with E-state index in [0.717, 1.165) is 0 Å². The highest BCUT2D eigenvalue weighted by molar-refractivity contribution is 5.79. The molecule has 0 saturated carbocycles. The lowest BCUT2D eigenvalue weighted by Crippen LogP contribution is -2.65. The summed E-state index contributed by atoms with van der Waals surface area (Å²) in [7, 11) is 0. The third kappa shape index (κ3) is 33.5. The van der Waals surface area contributed by atoms with E-state index < -0.39 is 129 Å². The van der Waals surface area contributed by atoms with Gasteiger partial charge in [-0.3, -0.25) is 116 Å². The van der Waals surface area contributed by atoms with Gasteiger partial charge in [-0.25, -0.2) is 0 Å². The molecule has 0 bridgehead atoms. The molecule has 506 valence electrons. The molecule has 12 N–H and O–H groups in total. The van der Waals surface area contributed by atoms with Gasteiger partial charge in [0, 0.05) is 183 Å². The molecule has 0 radical (unpaired) electrons. The zero-order valence-electron chi connectivity index (χ0n) is 51.0. The van der Waals surface area contributed by atoms with Crippen LogP contribution in [0.25, 0.3) is 0 Å². The van der Waals surface area contributed by atoms with Crippen LogP contribution in [-0.4, -0.2) is 425 Å². The molecule has 0 spiro atoms. The van der Waals surface area contributed by atoms with Crippen LogP contribution in [-0.2, 0) is 57.5 Å². The van der Waals surface area contributed by atoms with E-state index in [0.29, 0.717) is 0 Å². The fraction of sp³-hybridized carbons (Fsp3) is 0.774. The summed E-state index contributed by atoms with van der Waals surface area (Å²) < 4.78 is 0. The van der Waals surface area contributed by atoms with Gasteiger partial charge in [0.05, 0.1) is 78.2 Å². The van der Waals surface area contributed by atoms with Crippen molar-refractivity contribution in [2.75, 3.05) is 242 Å². The molecule has 3 saturated heterocycles. The smallest absolute Gasteiger partial charge is 0.317 e. The second-order valence-electron chi connectivity index (χ2n) is 22.9. The fourth-order valence-electron chi connectivity index (χ4n) is 10.7. The van der Waals surface area contributed by atoms with E-state index in [4.69, 9.17) is 0 Å². The SMILES string of the molecule is CC(=O)NC(N1CCN(CC(=O)O)CCN(CC(=O)O)CCN(CC(=O)O)CC1)C(C)(CNC(=O)CN1CCN(CC(=O)O)CCN(CC(=O)O)CCN(CC(=O)O)CC1)CNC(=O)CN1CCN(CC(=O)O)CCN(CC(=O)O)CCN(CC(=O)O)CC1. The number of amides is 3. The quantitative estimate of drug-likeness (QED) is 0.0331. The van der Waals surface area contributed by atoms with Gasteiger partial charge < -0.3 is 61.9 Å². The van der Waals surface area contributed by atoms with Crippen molar-refractivity contribution in [2.45, 2.75) is 20.0 Å². The Morgan fingerprint density at radius 2 is 0.449 bits per heavy atom. The van der Waals surface area contributed by atoms with Crippen LogP contribution in [0.3, 0.4) is 0 Å². The molecule has 0 aromatic heterocycles. The zero-order chi connectivity index (χ0) is 66.2. The Balaban J connectivity index is 2.12. The molecular formula is C53H93N15O21. The Bertz CT molecular complexity index is 2160. The van der Waals surface area contributed by atoms with Gasteiger partial charge in [-0.15, -0.1) is 0 Å². The summed E-state index contributed by atoms with van der Waals surface area (Å²) in [5.74, 6) is -12.2. The molecule has 3 amide bonds. The molecule has 1 unspecified atom stereocenters. The van der Waals surface area contributed by atoms with Crippen molar-refractivity contribution in [1.29, 1.82) is 0 Å². The predicted molar refractivity (Wildman–Crippen MR) is 313 cm³/mol. The molecular weight excluding hydrogens is 1180 g/mol. The number of rotatable bonds is 29. The summed E-state index contributed by atoms with van der Waals surface area (Å²) in [6, 6.07) is 0. The van der Waals surface area contributed by atoms with Gasteiger partial charge in [-0.1, -0.05) is 6.92 Å². The van der Waals surface area contributed by atoms with Crippen molar-refractivity contribution in [3.05, 3.63) is 0 Å². The summed E-state index contributed by atoms with van der Waals surface area (Å²) in [6.45, 7) is -0.155. The fourth-order valence-corrected chi connectivity index (χ4v) is 10.7. The molecule has 3 rings (SSSR count). The highest BCUT2D eigenvalue weighted by atomic mass is 16.4. The van der Waals surface area contributed by atoms with Crippen LogP contribution in [0.5, 0.6) is 0 Å². The molecule has 1 atom stereocenters. The number of nitrogens with one attached hydrogen (secondary N) is 3. The topological polar surface area (TPSA) is 462 Å². The van der Waals surface area contributed by atoms with E-state index in [9.17, 15) is 103 Å². The highest BCUT2D eigenvalue weighted by Crippen LogP contribution is 2.25. The molecule has 3 fully saturated rings. The second-order valence-corrected chi connectivity index (χ2v) is 22.9. The van der Waals surface area contributed by atoms with Crippen molar-refractivity contribution in [3.8, 4) is 0 Å². The average molecular weight is 1280 g/mol. The van der Waals surface area contributed by atoms with Crippen LogP contribution in [0, 0.1) is 5.41 Å².